The summed E-state index contributed by atoms with van der Waals surface area (Å²) >= 11 is 0. The summed E-state index contributed by atoms with van der Waals surface area (Å²) in [6.07, 6.45) is -2.89. The fourth-order valence-electron chi connectivity index (χ4n) is 6.12. The number of fused-ring (bicyclic) bond motifs is 3. The first-order chi connectivity index (χ1) is 17.6. The number of aromatic nitrogens is 1. The van der Waals surface area contributed by atoms with Gasteiger partial charge < -0.3 is 9.84 Å². The molecule has 0 saturated heterocycles. The van der Waals surface area contributed by atoms with Gasteiger partial charge >= 0.3 is 6.18 Å². The number of pyridine rings is 1. The van der Waals surface area contributed by atoms with E-state index in [0.29, 0.717) is 12.0 Å². The van der Waals surface area contributed by atoms with Gasteiger partial charge in [-0.1, -0.05) is 48.5 Å². The lowest BCUT2D eigenvalue weighted by atomic mass is 9.56. The zero-order valence-electron chi connectivity index (χ0n) is 20.7. The Hall–Kier alpha value is -3.03. The molecule has 1 aliphatic carbocycles. The molecule has 0 spiro atoms. The van der Waals surface area contributed by atoms with E-state index in [1.807, 2.05) is 55.5 Å². The zero-order valence-corrected chi connectivity index (χ0v) is 20.7. The van der Waals surface area contributed by atoms with Gasteiger partial charge in [-0.05, 0) is 72.9 Å². The highest BCUT2D eigenvalue weighted by molar-refractivity contribution is 5.97. The highest BCUT2D eigenvalue weighted by Gasteiger charge is 2.61. The number of ether oxygens (including phenoxy) is 1. The maximum Gasteiger partial charge on any atom is 0.417 e. The fraction of sp³-hybridized carbons (Fsp3) is 0.400. The van der Waals surface area contributed by atoms with Crippen LogP contribution in [0.5, 0.6) is 0 Å². The van der Waals surface area contributed by atoms with Gasteiger partial charge in [0.15, 0.2) is 11.4 Å². The number of Topliss-reactive ketones (excluding diaryl/α,β-unsaturated/α-hetero) is 1. The van der Waals surface area contributed by atoms with E-state index in [1.54, 1.807) is 18.3 Å². The van der Waals surface area contributed by atoms with Gasteiger partial charge in [-0.25, -0.2) is 0 Å². The van der Waals surface area contributed by atoms with E-state index in [1.165, 1.54) is 0 Å². The van der Waals surface area contributed by atoms with Gasteiger partial charge in [-0.2, -0.15) is 13.2 Å². The Morgan fingerprint density at radius 2 is 1.89 bits per heavy atom. The van der Waals surface area contributed by atoms with Crippen LogP contribution in [0.1, 0.15) is 57.6 Å². The molecule has 0 amide bonds. The van der Waals surface area contributed by atoms with Crippen LogP contribution in [0.25, 0.3) is 0 Å². The van der Waals surface area contributed by atoms with Gasteiger partial charge in [0.05, 0.1) is 13.2 Å². The van der Waals surface area contributed by atoms with Crippen molar-refractivity contribution < 1.29 is 27.8 Å². The third-order valence-electron chi connectivity index (χ3n) is 8.25. The van der Waals surface area contributed by atoms with Crippen LogP contribution < -0.4 is 0 Å². The monoisotopic (exact) mass is 509 g/mol. The molecule has 1 aliphatic heterocycles. The average Bonchev–Trinajstić information content (AvgIpc) is 3.01. The van der Waals surface area contributed by atoms with Crippen LogP contribution in [0.2, 0.25) is 0 Å². The number of hydrogen-bond donors (Lipinski definition) is 1. The van der Waals surface area contributed by atoms with Gasteiger partial charge in [0.1, 0.15) is 0 Å². The van der Waals surface area contributed by atoms with Crippen molar-refractivity contribution in [3.63, 3.8) is 0 Å². The number of carbonyl (C=O) groups excluding carboxylic acids is 1. The van der Waals surface area contributed by atoms with Crippen LogP contribution in [0.4, 0.5) is 13.2 Å². The molecule has 7 heteroatoms. The van der Waals surface area contributed by atoms with E-state index >= 15 is 0 Å². The summed E-state index contributed by atoms with van der Waals surface area (Å²) in [4.78, 5) is 17.4. The molecule has 37 heavy (non-hydrogen) atoms. The summed E-state index contributed by atoms with van der Waals surface area (Å²) in [6.45, 7) is 2.18. The second-order valence-corrected chi connectivity index (χ2v) is 10.5. The van der Waals surface area contributed by atoms with E-state index in [2.05, 4.69) is 4.98 Å². The molecular weight excluding hydrogens is 479 g/mol. The van der Waals surface area contributed by atoms with Crippen LogP contribution in [0.15, 0.2) is 66.9 Å². The normalized spacial score (nSPS) is 25.6. The standard InChI is InChI=1S/C30H30F3NO3/c1-20-22(8-5-13-34-20)15-27(35)23-9-10-26-24(14-23)18-37-19-25-17-29(36,30(31,32)33)12-11-28(25,26)16-21-6-3-2-4-7-21/h2-10,13-14,25,36H,11-12,15-19H2,1H3/t25-,28-,29+/m0/s1. The number of halogens is 3. The highest BCUT2D eigenvalue weighted by atomic mass is 19.4. The Labute approximate surface area is 214 Å². The maximum absolute atomic E-state index is 13.8. The predicted molar refractivity (Wildman–Crippen MR) is 133 cm³/mol. The molecule has 2 heterocycles. The van der Waals surface area contributed by atoms with E-state index in [4.69, 9.17) is 4.74 Å². The SMILES string of the molecule is Cc1ncccc1CC(=O)c1ccc2c(c1)COC[C@@H]1C[C@@](O)(C(F)(F)F)CC[C@@]21Cc1ccccc1. The first kappa shape index (κ1) is 25.6. The van der Waals surface area contributed by atoms with Crippen molar-refractivity contribution in [2.75, 3.05) is 6.61 Å². The molecule has 0 radical (unpaired) electrons. The van der Waals surface area contributed by atoms with Crippen LogP contribution in [0.3, 0.4) is 0 Å². The molecule has 1 saturated carbocycles. The molecule has 4 nitrogen and oxygen atoms in total. The Kier molecular flexibility index (Phi) is 6.71. The van der Waals surface area contributed by atoms with Gasteiger partial charge in [-0.3, -0.25) is 9.78 Å². The van der Waals surface area contributed by atoms with Gasteiger partial charge in [-0.15, -0.1) is 0 Å². The summed E-state index contributed by atoms with van der Waals surface area (Å²) in [6, 6.07) is 18.9. The lowest BCUT2D eigenvalue weighted by Gasteiger charge is -2.50. The van der Waals surface area contributed by atoms with Crippen molar-refractivity contribution in [1.29, 1.82) is 0 Å². The third kappa shape index (κ3) is 4.82. The molecule has 2 aliphatic rings. The summed E-state index contributed by atoms with van der Waals surface area (Å²) < 4.78 is 47.5. The molecule has 0 bridgehead atoms. The second kappa shape index (κ2) is 9.69. The lowest BCUT2D eigenvalue weighted by Crippen LogP contribution is -2.56. The summed E-state index contributed by atoms with van der Waals surface area (Å²) in [5.74, 6) is -0.583. The van der Waals surface area contributed by atoms with Crippen molar-refractivity contribution in [2.24, 2.45) is 5.92 Å². The maximum atomic E-state index is 13.8. The number of rotatable bonds is 5. The van der Waals surface area contributed by atoms with Gasteiger partial charge in [0.25, 0.3) is 0 Å². The topological polar surface area (TPSA) is 59.4 Å². The Bertz CT molecular complexity index is 1290. The Balaban J connectivity index is 1.54. The highest BCUT2D eigenvalue weighted by Crippen LogP contribution is 2.55. The summed E-state index contributed by atoms with van der Waals surface area (Å²) in [5.41, 5.74) is 1.58. The minimum atomic E-state index is -4.71. The van der Waals surface area contributed by atoms with Gasteiger partial charge in [0.2, 0.25) is 0 Å². The smallest absolute Gasteiger partial charge is 0.380 e. The molecule has 2 aromatic carbocycles. The lowest BCUT2D eigenvalue weighted by molar-refractivity contribution is -0.280. The number of aryl methyl sites for hydroxylation is 1. The predicted octanol–water partition coefficient (Wildman–Crippen LogP) is 5.92. The molecule has 3 aromatic rings. The van der Waals surface area contributed by atoms with Crippen LogP contribution >= 0.6 is 0 Å². The number of nitrogens with zero attached hydrogens (tertiary/aromatic N) is 1. The third-order valence-corrected chi connectivity index (χ3v) is 8.25. The number of alkyl halides is 3. The van der Waals surface area contributed by atoms with E-state index in [9.17, 15) is 23.1 Å². The fourth-order valence-corrected chi connectivity index (χ4v) is 6.12. The number of carbonyl (C=O) groups is 1. The quantitative estimate of drug-likeness (QED) is 0.434. The van der Waals surface area contributed by atoms with E-state index in [-0.39, 0.29) is 38.3 Å². The molecule has 1 fully saturated rings. The van der Waals surface area contributed by atoms with Crippen molar-refractivity contribution >= 4 is 5.78 Å². The van der Waals surface area contributed by atoms with E-state index < -0.39 is 29.5 Å². The van der Waals surface area contributed by atoms with Crippen LogP contribution in [-0.4, -0.2) is 34.3 Å². The van der Waals surface area contributed by atoms with Crippen LogP contribution in [0, 0.1) is 12.8 Å². The molecular formula is C30H30F3NO3. The van der Waals surface area contributed by atoms with Crippen LogP contribution in [-0.2, 0) is 29.6 Å². The molecule has 3 atom stereocenters. The molecule has 194 valence electrons. The minimum Gasteiger partial charge on any atom is -0.380 e. The van der Waals surface area contributed by atoms with Crippen molar-refractivity contribution in [2.45, 2.75) is 62.8 Å². The first-order valence-electron chi connectivity index (χ1n) is 12.6. The number of ketones is 1. The summed E-state index contributed by atoms with van der Waals surface area (Å²) in [7, 11) is 0. The number of aliphatic hydroxyl groups is 1. The molecule has 0 unspecified atom stereocenters. The molecule has 1 aromatic heterocycles. The van der Waals surface area contributed by atoms with Crippen molar-refractivity contribution in [1.82, 2.24) is 4.98 Å². The Morgan fingerprint density at radius 1 is 1.11 bits per heavy atom. The minimum absolute atomic E-state index is 0.0492. The van der Waals surface area contributed by atoms with E-state index in [0.717, 1.165) is 27.9 Å². The second-order valence-electron chi connectivity index (χ2n) is 10.5. The largest absolute Gasteiger partial charge is 0.417 e. The average molecular weight is 510 g/mol. The summed E-state index contributed by atoms with van der Waals surface area (Å²) in [5, 5.41) is 10.6. The first-order valence-corrected chi connectivity index (χ1v) is 12.6. The Morgan fingerprint density at radius 3 is 2.62 bits per heavy atom. The number of benzene rings is 2. The molecule has 1 N–H and O–H groups in total. The van der Waals surface area contributed by atoms with Gasteiger partial charge in [0, 0.05) is 29.3 Å². The molecule has 5 rings (SSSR count). The number of hydrogen-bond acceptors (Lipinski definition) is 4. The van der Waals surface area contributed by atoms with Crippen molar-refractivity contribution in [3.8, 4) is 0 Å². The van der Waals surface area contributed by atoms with Crippen molar-refractivity contribution in [3.05, 3.63) is 100 Å². The zero-order chi connectivity index (χ0) is 26.3.